The third-order valence-electron chi connectivity index (χ3n) is 4.21. The van der Waals surface area contributed by atoms with Gasteiger partial charge in [-0.05, 0) is 25.8 Å². The Balaban J connectivity index is 1.73. The molecule has 2 N–H and O–H groups in total. The summed E-state index contributed by atoms with van der Waals surface area (Å²) in [4.78, 5) is 11.1. The van der Waals surface area contributed by atoms with Crippen molar-refractivity contribution in [1.82, 2.24) is 20.1 Å². The Hall–Kier alpha value is -1.43. The fourth-order valence-electron chi connectivity index (χ4n) is 3.05. The summed E-state index contributed by atoms with van der Waals surface area (Å²) in [6.07, 6.45) is 5.94. The molecule has 3 heterocycles. The zero-order chi connectivity index (χ0) is 13.2. The minimum atomic E-state index is -0.707. The normalized spacial score (nSPS) is 26.9. The molecule has 0 aromatic carbocycles. The first kappa shape index (κ1) is 12.6. The summed E-state index contributed by atoms with van der Waals surface area (Å²) < 4.78 is 2.03. The number of aryl methyl sites for hydroxylation is 1. The summed E-state index contributed by atoms with van der Waals surface area (Å²) in [6, 6.07) is 0.465. The van der Waals surface area contributed by atoms with Crippen molar-refractivity contribution in [2.45, 2.75) is 51.1 Å². The Labute approximate surface area is 112 Å². The maximum absolute atomic E-state index is 11.1. The van der Waals surface area contributed by atoms with Gasteiger partial charge in [-0.25, -0.2) is 0 Å². The van der Waals surface area contributed by atoms with Crippen LogP contribution < -0.4 is 5.32 Å². The van der Waals surface area contributed by atoms with Crippen LogP contribution in [0.1, 0.15) is 37.3 Å². The number of carboxylic acid groups (broad SMARTS) is 1. The fraction of sp³-hybridized carbons (Fsp3) is 0.769. The van der Waals surface area contributed by atoms with E-state index in [4.69, 9.17) is 5.11 Å². The molecule has 0 radical (unpaired) electrons. The Kier molecular flexibility index (Phi) is 3.50. The fourth-order valence-corrected chi connectivity index (χ4v) is 3.05. The zero-order valence-electron chi connectivity index (χ0n) is 11.0. The standard InChI is InChI=1S/C13H20N4O2/c18-13(19)9-4-5-11-15-16-12(17(11)8-9)7-10-3-1-2-6-14-10/h9-10,14H,1-8H2,(H,18,19). The highest BCUT2D eigenvalue weighted by Crippen LogP contribution is 2.21. The first-order chi connectivity index (χ1) is 9.24. The molecule has 0 amide bonds. The van der Waals surface area contributed by atoms with Crippen molar-refractivity contribution >= 4 is 5.97 Å². The van der Waals surface area contributed by atoms with Gasteiger partial charge < -0.3 is 15.0 Å². The van der Waals surface area contributed by atoms with E-state index < -0.39 is 5.97 Å². The van der Waals surface area contributed by atoms with Gasteiger partial charge in [0.05, 0.1) is 5.92 Å². The lowest BCUT2D eigenvalue weighted by atomic mass is 9.98. The van der Waals surface area contributed by atoms with Gasteiger partial charge >= 0.3 is 5.97 Å². The molecule has 0 aliphatic carbocycles. The van der Waals surface area contributed by atoms with Crippen LogP contribution in [0, 0.1) is 5.92 Å². The van der Waals surface area contributed by atoms with E-state index in [-0.39, 0.29) is 5.92 Å². The van der Waals surface area contributed by atoms with Crippen molar-refractivity contribution < 1.29 is 9.90 Å². The molecule has 104 valence electrons. The van der Waals surface area contributed by atoms with Crippen molar-refractivity contribution in [2.24, 2.45) is 5.92 Å². The monoisotopic (exact) mass is 264 g/mol. The number of nitrogens with one attached hydrogen (secondary N) is 1. The molecule has 2 unspecified atom stereocenters. The van der Waals surface area contributed by atoms with Crippen molar-refractivity contribution in [3.63, 3.8) is 0 Å². The van der Waals surface area contributed by atoms with E-state index in [1.54, 1.807) is 0 Å². The molecule has 0 spiro atoms. The number of nitrogens with zero attached hydrogens (tertiary/aromatic N) is 3. The number of aliphatic carboxylic acids is 1. The van der Waals surface area contributed by atoms with Crippen LogP contribution >= 0.6 is 0 Å². The van der Waals surface area contributed by atoms with Crippen molar-refractivity contribution in [2.75, 3.05) is 6.54 Å². The number of aromatic nitrogens is 3. The molecule has 2 atom stereocenters. The smallest absolute Gasteiger partial charge is 0.308 e. The molecule has 3 rings (SSSR count). The second-order valence-electron chi connectivity index (χ2n) is 5.57. The van der Waals surface area contributed by atoms with Crippen molar-refractivity contribution in [1.29, 1.82) is 0 Å². The minimum Gasteiger partial charge on any atom is -0.481 e. The highest BCUT2D eigenvalue weighted by atomic mass is 16.4. The average molecular weight is 264 g/mol. The van der Waals surface area contributed by atoms with Crippen LogP contribution in [0.5, 0.6) is 0 Å². The Morgan fingerprint density at radius 2 is 2.26 bits per heavy atom. The van der Waals surface area contributed by atoms with Crippen molar-refractivity contribution in [3.8, 4) is 0 Å². The molecule has 19 heavy (non-hydrogen) atoms. The van der Waals surface area contributed by atoms with Gasteiger partial charge in [0.1, 0.15) is 11.6 Å². The maximum atomic E-state index is 11.1. The Bertz CT molecular complexity index is 465. The van der Waals surface area contributed by atoms with E-state index in [2.05, 4.69) is 15.5 Å². The molecule has 2 aliphatic rings. The summed E-state index contributed by atoms with van der Waals surface area (Å²) >= 11 is 0. The second kappa shape index (κ2) is 5.28. The topological polar surface area (TPSA) is 80.0 Å². The lowest BCUT2D eigenvalue weighted by Crippen LogP contribution is -2.37. The van der Waals surface area contributed by atoms with E-state index in [0.717, 1.165) is 31.0 Å². The lowest BCUT2D eigenvalue weighted by Gasteiger charge is -2.25. The first-order valence-electron chi connectivity index (χ1n) is 7.11. The number of rotatable bonds is 3. The largest absolute Gasteiger partial charge is 0.481 e. The number of carbonyl (C=O) groups is 1. The van der Waals surface area contributed by atoms with Crippen molar-refractivity contribution in [3.05, 3.63) is 11.6 Å². The van der Waals surface area contributed by atoms with Gasteiger partial charge in [0.15, 0.2) is 0 Å². The SMILES string of the molecule is O=C(O)C1CCc2nnc(CC3CCCCN3)n2C1. The molecule has 0 bridgehead atoms. The number of carboxylic acids is 1. The van der Waals surface area contributed by atoms with Crippen LogP contribution in [-0.4, -0.2) is 38.4 Å². The third kappa shape index (κ3) is 2.63. The number of fused-ring (bicyclic) bond motifs is 1. The summed E-state index contributed by atoms with van der Waals surface area (Å²) in [5.74, 6) is 0.895. The third-order valence-corrected chi connectivity index (χ3v) is 4.21. The van der Waals surface area contributed by atoms with E-state index in [0.29, 0.717) is 19.0 Å². The van der Waals surface area contributed by atoms with E-state index in [1.807, 2.05) is 4.57 Å². The molecule has 6 heteroatoms. The van der Waals surface area contributed by atoms with Gasteiger partial charge in [0.25, 0.3) is 0 Å². The highest BCUT2D eigenvalue weighted by molar-refractivity contribution is 5.70. The van der Waals surface area contributed by atoms with Gasteiger partial charge in [-0.1, -0.05) is 6.42 Å². The van der Waals surface area contributed by atoms with Gasteiger partial charge in [-0.15, -0.1) is 10.2 Å². The summed E-state index contributed by atoms with van der Waals surface area (Å²) in [5, 5.41) is 21.1. The highest BCUT2D eigenvalue weighted by Gasteiger charge is 2.28. The van der Waals surface area contributed by atoms with Gasteiger partial charge in [0.2, 0.25) is 0 Å². The Morgan fingerprint density at radius 3 is 3.00 bits per heavy atom. The molecule has 6 nitrogen and oxygen atoms in total. The molecule has 1 fully saturated rings. The predicted molar refractivity (Wildman–Crippen MR) is 68.8 cm³/mol. The van der Waals surface area contributed by atoms with Crippen LogP contribution in [0.2, 0.25) is 0 Å². The van der Waals surface area contributed by atoms with E-state index >= 15 is 0 Å². The zero-order valence-corrected chi connectivity index (χ0v) is 11.0. The van der Waals surface area contributed by atoms with Gasteiger partial charge in [-0.3, -0.25) is 4.79 Å². The van der Waals surface area contributed by atoms with Crippen LogP contribution in [-0.2, 0) is 24.2 Å². The average Bonchev–Trinajstić information content (AvgIpc) is 2.82. The van der Waals surface area contributed by atoms with Gasteiger partial charge in [-0.2, -0.15) is 0 Å². The number of hydrogen-bond acceptors (Lipinski definition) is 4. The maximum Gasteiger partial charge on any atom is 0.308 e. The number of hydrogen-bond donors (Lipinski definition) is 2. The summed E-state index contributed by atoms with van der Waals surface area (Å²) in [5.41, 5.74) is 0. The van der Waals surface area contributed by atoms with Crippen LogP contribution in [0.3, 0.4) is 0 Å². The predicted octanol–water partition coefficient (Wildman–Crippen LogP) is 0.610. The molecule has 1 aromatic rings. The summed E-state index contributed by atoms with van der Waals surface area (Å²) in [6.45, 7) is 1.60. The minimum absolute atomic E-state index is 0.290. The lowest BCUT2D eigenvalue weighted by molar-refractivity contribution is -0.142. The molecule has 1 saturated heterocycles. The van der Waals surface area contributed by atoms with Gasteiger partial charge in [0, 0.05) is 25.4 Å². The number of piperidine rings is 1. The molecular formula is C13H20N4O2. The first-order valence-corrected chi connectivity index (χ1v) is 7.11. The van der Waals surface area contributed by atoms with E-state index in [1.165, 1.54) is 19.3 Å². The molecule has 0 saturated carbocycles. The second-order valence-corrected chi connectivity index (χ2v) is 5.57. The molecule has 1 aromatic heterocycles. The van der Waals surface area contributed by atoms with Crippen LogP contribution in [0.25, 0.3) is 0 Å². The summed E-state index contributed by atoms with van der Waals surface area (Å²) in [7, 11) is 0. The van der Waals surface area contributed by atoms with E-state index in [9.17, 15) is 4.79 Å². The molecular weight excluding hydrogens is 244 g/mol. The van der Waals surface area contributed by atoms with Crippen LogP contribution in [0.4, 0.5) is 0 Å². The molecule has 2 aliphatic heterocycles. The van der Waals surface area contributed by atoms with Crippen LogP contribution in [0.15, 0.2) is 0 Å². The quantitative estimate of drug-likeness (QED) is 0.836. The Morgan fingerprint density at radius 1 is 1.37 bits per heavy atom.